The number of anilines is 1. The second-order valence-electron chi connectivity index (χ2n) is 5.15. The first-order valence-electron chi connectivity index (χ1n) is 6.90. The predicted molar refractivity (Wildman–Crippen MR) is 77.3 cm³/mol. The fourth-order valence-electron chi connectivity index (χ4n) is 2.85. The van der Waals surface area contributed by atoms with E-state index in [4.69, 9.17) is 11.1 Å². The molecular weight excluding hydrogens is 222 g/mol. The topological polar surface area (TPSA) is 53.1 Å². The third-order valence-electron chi connectivity index (χ3n) is 3.85. The molecule has 2 rings (SSSR count). The molecule has 0 radical (unpaired) electrons. The number of hydrogen-bond donors (Lipinski definition) is 2. The van der Waals surface area contributed by atoms with Crippen LogP contribution in [0.25, 0.3) is 0 Å². The molecule has 1 aromatic carbocycles. The zero-order valence-electron chi connectivity index (χ0n) is 11.2. The molecule has 0 aliphatic carbocycles. The predicted octanol–water partition coefficient (Wildman–Crippen LogP) is 2.99. The van der Waals surface area contributed by atoms with Crippen LogP contribution in [-0.2, 0) is 0 Å². The molecule has 1 fully saturated rings. The lowest BCUT2D eigenvalue weighted by Crippen LogP contribution is -2.35. The smallest absolute Gasteiger partial charge is 0.124 e. The van der Waals surface area contributed by atoms with Crippen molar-refractivity contribution in [2.45, 2.75) is 32.6 Å². The summed E-state index contributed by atoms with van der Waals surface area (Å²) < 4.78 is 0. The van der Waals surface area contributed by atoms with Gasteiger partial charge < -0.3 is 10.6 Å². The molecule has 0 unspecified atom stereocenters. The molecule has 0 spiro atoms. The van der Waals surface area contributed by atoms with Gasteiger partial charge in [0.05, 0.1) is 0 Å². The van der Waals surface area contributed by atoms with Gasteiger partial charge in [0.2, 0.25) is 0 Å². The molecule has 98 valence electrons. The zero-order valence-corrected chi connectivity index (χ0v) is 11.2. The number of rotatable bonds is 4. The minimum atomic E-state index is 0.168. The number of piperidine rings is 1. The fourth-order valence-corrected chi connectivity index (χ4v) is 2.85. The number of nitrogens with zero attached hydrogens (tertiary/aromatic N) is 1. The lowest BCUT2D eigenvalue weighted by molar-refractivity contribution is 0.378. The first-order chi connectivity index (χ1) is 8.72. The van der Waals surface area contributed by atoms with Crippen LogP contribution in [-0.4, -0.2) is 18.9 Å². The van der Waals surface area contributed by atoms with Gasteiger partial charge >= 0.3 is 0 Å². The normalized spacial score (nSPS) is 16.8. The van der Waals surface area contributed by atoms with E-state index in [1.165, 1.54) is 25.7 Å². The number of nitrogens with one attached hydrogen (secondary N) is 1. The Morgan fingerprint density at radius 2 is 2.00 bits per heavy atom. The van der Waals surface area contributed by atoms with Gasteiger partial charge in [-0.05, 0) is 30.9 Å². The van der Waals surface area contributed by atoms with E-state index in [9.17, 15) is 0 Å². The lowest BCUT2D eigenvalue weighted by atomic mass is 9.92. The summed E-state index contributed by atoms with van der Waals surface area (Å²) >= 11 is 0. The molecular formula is C15H23N3. The SMILES string of the molecule is CCCC1CCN(c2ccccc2C(=N)N)CC1. The van der Waals surface area contributed by atoms with Crippen molar-refractivity contribution >= 4 is 11.5 Å². The third-order valence-corrected chi connectivity index (χ3v) is 3.85. The highest BCUT2D eigenvalue weighted by molar-refractivity contribution is 6.00. The van der Waals surface area contributed by atoms with Crippen molar-refractivity contribution in [1.82, 2.24) is 0 Å². The van der Waals surface area contributed by atoms with Gasteiger partial charge in [0.25, 0.3) is 0 Å². The monoisotopic (exact) mass is 245 g/mol. The summed E-state index contributed by atoms with van der Waals surface area (Å²) in [5.41, 5.74) is 7.64. The Labute approximate surface area is 109 Å². The van der Waals surface area contributed by atoms with Crippen LogP contribution >= 0.6 is 0 Å². The van der Waals surface area contributed by atoms with Crippen LogP contribution < -0.4 is 10.6 Å². The van der Waals surface area contributed by atoms with E-state index in [-0.39, 0.29) is 5.84 Å². The molecule has 1 aliphatic heterocycles. The van der Waals surface area contributed by atoms with Crippen molar-refractivity contribution in [1.29, 1.82) is 5.41 Å². The quantitative estimate of drug-likeness (QED) is 0.633. The summed E-state index contributed by atoms with van der Waals surface area (Å²) in [7, 11) is 0. The van der Waals surface area contributed by atoms with Gasteiger partial charge in [-0.1, -0.05) is 31.9 Å². The standard InChI is InChI=1S/C15H23N3/c1-2-5-12-8-10-18(11-9-12)14-7-4-3-6-13(14)15(16)17/h3-4,6-7,12H,2,5,8-11H2,1H3,(H3,16,17). The number of nitrogen functional groups attached to an aromatic ring is 1. The maximum Gasteiger partial charge on any atom is 0.124 e. The number of hydrogen-bond acceptors (Lipinski definition) is 2. The number of para-hydroxylation sites is 1. The van der Waals surface area contributed by atoms with Crippen LogP contribution in [0.3, 0.4) is 0 Å². The Kier molecular flexibility index (Phi) is 4.24. The van der Waals surface area contributed by atoms with Crippen LogP contribution in [0.4, 0.5) is 5.69 Å². The summed E-state index contributed by atoms with van der Waals surface area (Å²) in [6, 6.07) is 8.00. The highest BCUT2D eigenvalue weighted by Crippen LogP contribution is 2.28. The molecule has 1 aliphatic rings. The van der Waals surface area contributed by atoms with Crippen LogP contribution in [0.5, 0.6) is 0 Å². The second kappa shape index (κ2) is 5.89. The Morgan fingerprint density at radius 3 is 2.61 bits per heavy atom. The fraction of sp³-hybridized carbons (Fsp3) is 0.533. The van der Waals surface area contributed by atoms with E-state index in [0.29, 0.717) is 0 Å². The maximum atomic E-state index is 7.65. The molecule has 3 N–H and O–H groups in total. The summed E-state index contributed by atoms with van der Waals surface area (Å²) in [5.74, 6) is 1.05. The number of nitrogens with two attached hydrogens (primary N) is 1. The summed E-state index contributed by atoms with van der Waals surface area (Å²) in [6.45, 7) is 4.45. The van der Waals surface area contributed by atoms with Gasteiger partial charge in [0.15, 0.2) is 0 Å². The average Bonchev–Trinajstić information content (AvgIpc) is 2.40. The van der Waals surface area contributed by atoms with Crippen molar-refractivity contribution in [3.63, 3.8) is 0 Å². The van der Waals surface area contributed by atoms with Crippen LogP contribution in [0, 0.1) is 11.3 Å². The summed E-state index contributed by atoms with van der Waals surface area (Å²) in [6.07, 6.45) is 5.16. The second-order valence-corrected chi connectivity index (χ2v) is 5.15. The Morgan fingerprint density at radius 1 is 1.33 bits per heavy atom. The zero-order chi connectivity index (χ0) is 13.0. The minimum absolute atomic E-state index is 0.168. The van der Waals surface area contributed by atoms with Crippen molar-refractivity contribution < 1.29 is 0 Å². The van der Waals surface area contributed by atoms with Crippen molar-refractivity contribution in [3.8, 4) is 0 Å². The average molecular weight is 245 g/mol. The van der Waals surface area contributed by atoms with E-state index in [2.05, 4.69) is 17.9 Å². The van der Waals surface area contributed by atoms with Gasteiger partial charge in [-0.2, -0.15) is 0 Å². The van der Waals surface area contributed by atoms with Crippen molar-refractivity contribution in [2.75, 3.05) is 18.0 Å². The van der Waals surface area contributed by atoms with E-state index in [1.807, 2.05) is 18.2 Å². The molecule has 0 amide bonds. The molecule has 0 saturated carbocycles. The summed E-state index contributed by atoms with van der Waals surface area (Å²) in [5, 5.41) is 7.65. The van der Waals surface area contributed by atoms with E-state index in [0.717, 1.165) is 30.3 Å². The molecule has 0 atom stereocenters. The van der Waals surface area contributed by atoms with Crippen LogP contribution in [0.15, 0.2) is 24.3 Å². The Hall–Kier alpha value is -1.51. The van der Waals surface area contributed by atoms with Crippen molar-refractivity contribution in [2.24, 2.45) is 11.7 Å². The molecule has 18 heavy (non-hydrogen) atoms. The highest BCUT2D eigenvalue weighted by Gasteiger charge is 2.20. The largest absolute Gasteiger partial charge is 0.384 e. The Bertz CT molecular complexity index is 406. The number of amidine groups is 1. The van der Waals surface area contributed by atoms with E-state index in [1.54, 1.807) is 0 Å². The minimum Gasteiger partial charge on any atom is -0.384 e. The summed E-state index contributed by atoms with van der Waals surface area (Å²) in [4.78, 5) is 2.38. The van der Waals surface area contributed by atoms with Gasteiger partial charge in [-0.25, -0.2) is 0 Å². The molecule has 1 heterocycles. The van der Waals surface area contributed by atoms with E-state index < -0.39 is 0 Å². The molecule has 1 aromatic rings. The van der Waals surface area contributed by atoms with E-state index >= 15 is 0 Å². The van der Waals surface area contributed by atoms with Crippen molar-refractivity contribution in [3.05, 3.63) is 29.8 Å². The lowest BCUT2D eigenvalue weighted by Gasteiger charge is -2.34. The third kappa shape index (κ3) is 2.84. The van der Waals surface area contributed by atoms with Crippen LogP contribution in [0.1, 0.15) is 38.2 Å². The molecule has 0 aromatic heterocycles. The molecule has 3 nitrogen and oxygen atoms in total. The van der Waals surface area contributed by atoms with Gasteiger partial charge in [0.1, 0.15) is 5.84 Å². The van der Waals surface area contributed by atoms with Gasteiger partial charge in [0, 0.05) is 24.3 Å². The Balaban J connectivity index is 2.07. The molecule has 0 bridgehead atoms. The van der Waals surface area contributed by atoms with Gasteiger partial charge in [-0.3, -0.25) is 5.41 Å². The first kappa shape index (κ1) is 12.9. The van der Waals surface area contributed by atoms with Gasteiger partial charge in [-0.15, -0.1) is 0 Å². The maximum absolute atomic E-state index is 7.65. The first-order valence-corrected chi connectivity index (χ1v) is 6.90. The number of benzene rings is 1. The molecule has 3 heteroatoms. The highest BCUT2D eigenvalue weighted by atomic mass is 15.1. The molecule has 1 saturated heterocycles. The van der Waals surface area contributed by atoms with Crippen LogP contribution in [0.2, 0.25) is 0 Å².